The van der Waals surface area contributed by atoms with Crippen LogP contribution in [0.15, 0.2) is 88.8 Å². The number of esters is 1. The Labute approximate surface area is 293 Å². The van der Waals surface area contributed by atoms with Crippen LogP contribution in [0.1, 0.15) is 30.9 Å². The molecule has 4 heterocycles. The van der Waals surface area contributed by atoms with Gasteiger partial charge in [0, 0.05) is 30.4 Å². The summed E-state index contributed by atoms with van der Waals surface area (Å²) >= 11 is 6.83. The van der Waals surface area contributed by atoms with Crippen LogP contribution in [0.25, 0.3) is 23.0 Å². The number of hydrogen-bond acceptors (Lipinski definition) is 10. The largest absolute Gasteiger partial charge is 0.466 e. The van der Waals surface area contributed by atoms with E-state index in [1.807, 2.05) is 54.7 Å². The minimum absolute atomic E-state index is 0.120. The number of carbonyl (C=O) groups is 2. The highest BCUT2D eigenvalue weighted by atomic mass is 32.2. The van der Waals surface area contributed by atoms with Crippen molar-refractivity contribution in [3.63, 3.8) is 0 Å². The lowest BCUT2D eigenvalue weighted by molar-refractivity contribution is -0.149. The molecular formula is C35H32N4O7S3. The number of rotatable bonds is 9. The molecule has 0 aliphatic carbocycles. The fourth-order valence-electron chi connectivity index (χ4n) is 5.97. The lowest BCUT2D eigenvalue weighted by Crippen LogP contribution is -2.40. The quantitative estimate of drug-likeness (QED) is 0.122. The van der Waals surface area contributed by atoms with Crippen molar-refractivity contribution < 1.29 is 32.2 Å². The molecule has 0 radical (unpaired) electrons. The van der Waals surface area contributed by atoms with Crippen LogP contribution in [-0.2, 0) is 30.9 Å². The number of amides is 1. The number of benzene rings is 3. The van der Waals surface area contributed by atoms with E-state index in [0.29, 0.717) is 57.0 Å². The molecule has 0 saturated carbocycles. The number of sulfonamides is 1. The molecule has 49 heavy (non-hydrogen) atoms. The van der Waals surface area contributed by atoms with E-state index in [0.717, 1.165) is 11.3 Å². The second kappa shape index (κ2) is 13.8. The molecule has 0 N–H and O–H groups in total. The number of fused-ring (bicyclic) bond motifs is 1. The lowest BCUT2D eigenvalue weighted by Gasteiger charge is -2.30. The third-order valence-electron chi connectivity index (χ3n) is 8.52. The fraction of sp³-hybridized carbons (Fsp3) is 0.257. The minimum atomic E-state index is -3.86. The Morgan fingerprint density at radius 2 is 1.82 bits per heavy atom. The number of para-hydroxylation sites is 1. The number of aromatic nitrogens is 2. The van der Waals surface area contributed by atoms with E-state index in [2.05, 4.69) is 0 Å². The molecule has 7 rings (SSSR count). The Morgan fingerprint density at radius 1 is 1.04 bits per heavy atom. The summed E-state index contributed by atoms with van der Waals surface area (Å²) in [5.74, 6) is 0.447. The second-order valence-corrected chi connectivity index (χ2v) is 15.2. The normalized spacial score (nSPS) is 17.7. The highest BCUT2D eigenvalue weighted by molar-refractivity contribution is 8.26. The number of ether oxygens (including phenoxy) is 3. The zero-order valence-corrected chi connectivity index (χ0v) is 28.9. The first kappa shape index (κ1) is 33.0. The van der Waals surface area contributed by atoms with Crippen LogP contribution in [-0.4, -0.2) is 70.1 Å². The molecule has 0 spiro atoms. The van der Waals surface area contributed by atoms with Gasteiger partial charge in [0.1, 0.15) is 10.0 Å². The Balaban J connectivity index is 1.18. The van der Waals surface area contributed by atoms with Crippen LogP contribution < -0.4 is 9.47 Å². The molecule has 2 fully saturated rings. The molecule has 3 aliphatic heterocycles. The SMILES string of the molecule is CCOC(=O)C1CCN(S(=O)(=O)c2cccc(-c3nn(-c4ccccc4)cc3/C=C3\SC(=S)N(Cc4ccc5c(c4)OCO5)C3=O)c2)CC1. The van der Waals surface area contributed by atoms with Gasteiger partial charge in [-0.3, -0.25) is 14.5 Å². The van der Waals surface area contributed by atoms with Gasteiger partial charge in [0.05, 0.1) is 34.6 Å². The number of carbonyl (C=O) groups excluding carboxylic acids is 2. The lowest BCUT2D eigenvalue weighted by atomic mass is 9.98. The summed E-state index contributed by atoms with van der Waals surface area (Å²) in [5.41, 5.74) is 3.34. The summed E-state index contributed by atoms with van der Waals surface area (Å²) in [6.45, 7) is 2.92. The van der Waals surface area contributed by atoms with E-state index in [4.69, 9.17) is 31.5 Å². The number of thiocarbonyl (C=S) groups is 1. The van der Waals surface area contributed by atoms with E-state index < -0.39 is 10.0 Å². The van der Waals surface area contributed by atoms with Crippen LogP contribution in [0.5, 0.6) is 11.5 Å². The van der Waals surface area contributed by atoms with E-state index >= 15 is 0 Å². The van der Waals surface area contributed by atoms with Crippen LogP contribution in [0.3, 0.4) is 0 Å². The number of piperidine rings is 1. The average molecular weight is 717 g/mol. The average Bonchev–Trinajstić information content (AvgIpc) is 3.83. The predicted octanol–water partition coefficient (Wildman–Crippen LogP) is 5.63. The van der Waals surface area contributed by atoms with Crippen molar-refractivity contribution in [2.45, 2.75) is 31.2 Å². The van der Waals surface area contributed by atoms with E-state index in [9.17, 15) is 18.0 Å². The Morgan fingerprint density at radius 3 is 2.59 bits per heavy atom. The molecular weight excluding hydrogens is 685 g/mol. The Kier molecular flexibility index (Phi) is 9.29. The summed E-state index contributed by atoms with van der Waals surface area (Å²) in [6.07, 6.45) is 4.37. The third-order valence-corrected chi connectivity index (χ3v) is 11.8. The van der Waals surface area contributed by atoms with Gasteiger partial charge in [0.15, 0.2) is 11.5 Å². The van der Waals surface area contributed by atoms with Crippen molar-refractivity contribution in [3.05, 3.63) is 95.0 Å². The first-order valence-electron chi connectivity index (χ1n) is 15.8. The van der Waals surface area contributed by atoms with Gasteiger partial charge in [-0.15, -0.1) is 0 Å². The topological polar surface area (TPSA) is 120 Å². The Hall–Kier alpha value is -4.50. The van der Waals surface area contributed by atoms with E-state index in [1.165, 1.54) is 16.1 Å². The van der Waals surface area contributed by atoms with Crippen molar-refractivity contribution in [1.82, 2.24) is 19.0 Å². The van der Waals surface area contributed by atoms with Crippen molar-refractivity contribution in [2.24, 2.45) is 5.92 Å². The smallest absolute Gasteiger partial charge is 0.309 e. The predicted molar refractivity (Wildman–Crippen MR) is 188 cm³/mol. The van der Waals surface area contributed by atoms with Crippen molar-refractivity contribution >= 4 is 56.3 Å². The third kappa shape index (κ3) is 6.73. The maximum atomic E-state index is 13.8. The molecule has 0 unspecified atom stereocenters. The van der Waals surface area contributed by atoms with Gasteiger partial charge >= 0.3 is 5.97 Å². The zero-order chi connectivity index (χ0) is 34.1. The highest BCUT2D eigenvalue weighted by Crippen LogP contribution is 2.38. The van der Waals surface area contributed by atoms with Crippen LogP contribution >= 0.6 is 24.0 Å². The first-order chi connectivity index (χ1) is 23.7. The molecule has 1 amide bonds. The Bertz CT molecular complexity index is 2070. The van der Waals surface area contributed by atoms with Crippen molar-refractivity contribution in [2.75, 3.05) is 26.5 Å². The molecule has 3 aliphatic rings. The highest BCUT2D eigenvalue weighted by Gasteiger charge is 2.34. The summed E-state index contributed by atoms with van der Waals surface area (Å²) in [7, 11) is -3.86. The van der Waals surface area contributed by atoms with Crippen molar-refractivity contribution in [1.29, 1.82) is 0 Å². The van der Waals surface area contributed by atoms with Gasteiger partial charge in [0.25, 0.3) is 5.91 Å². The number of nitrogens with zero attached hydrogens (tertiary/aromatic N) is 4. The van der Waals surface area contributed by atoms with Crippen molar-refractivity contribution in [3.8, 4) is 28.4 Å². The fourth-order valence-corrected chi connectivity index (χ4v) is 8.74. The van der Waals surface area contributed by atoms with Gasteiger partial charge in [0.2, 0.25) is 16.8 Å². The summed E-state index contributed by atoms with van der Waals surface area (Å²) in [4.78, 5) is 28.0. The second-order valence-electron chi connectivity index (χ2n) is 11.6. The number of thioether (sulfide) groups is 1. The van der Waals surface area contributed by atoms with Gasteiger partial charge < -0.3 is 14.2 Å². The maximum absolute atomic E-state index is 13.8. The van der Waals surface area contributed by atoms with E-state index in [-0.39, 0.29) is 49.1 Å². The molecule has 252 valence electrons. The monoisotopic (exact) mass is 716 g/mol. The number of hydrogen-bond donors (Lipinski definition) is 0. The van der Waals surface area contributed by atoms with Gasteiger partial charge in [-0.25, -0.2) is 13.1 Å². The minimum Gasteiger partial charge on any atom is -0.466 e. The molecule has 0 bridgehead atoms. The zero-order valence-electron chi connectivity index (χ0n) is 26.5. The first-order valence-corrected chi connectivity index (χ1v) is 18.4. The van der Waals surface area contributed by atoms with Crippen LogP contribution in [0, 0.1) is 5.92 Å². The van der Waals surface area contributed by atoms with Gasteiger partial charge in [-0.05, 0) is 67.8 Å². The molecule has 3 aromatic carbocycles. The summed E-state index contributed by atoms with van der Waals surface area (Å²) in [6, 6.07) is 21.7. The van der Waals surface area contributed by atoms with Gasteiger partial charge in [-0.2, -0.15) is 9.40 Å². The summed E-state index contributed by atoms with van der Waals surface area (Å²) < 4.78 is 47.1. The molecule has 4 aromatic rings. The summed E-state index contributed by atoms with van der Waals surface area (Å²) in [5, 5.41) is 4.86. The molecule has 2 saturated heterocycles. The molecule has 1 aromatic heterocycles. The van der Waals surface area contributed by atoms with Gasteiger partial charge in [-0.1, -0.05) is 60.4 Å². The molecule has 0 atom stereocenters. The standard InChI is InChI=1S/C35H32N4O7S3/c1-2-44-34(41)24-13-15-37(16-14-24)49(42,43)28-10-6-7-25(18-28)32-26(21-39(36-32)27-8-4-3-5-9-27)19-31-33(40)38(35(47)48-31)20-23-11-12-29-30(17-23)46-22-45-29/h3-12,17-19,21,24H,2,13-16,20,22H2,1H3/b31-19-. The molecule has 14 heteroatoms. The molecule has 11 nitrogen and oxygen atoms in total. The van der Waals surface area contributed by atoms with Crippen LogP contribution in [0.4, 0.5) is 0 Å². The van der Waals surface area contributed by atoms with Crippen LogP contribution in [0.2, 0.25) is 0 Å². The van der Waals surface area contributed by atoms with E-state index in [1.54, 1.807) is 46.8 Å². The maximum Gasteiger partial charge on any atom is 0.309 e.